The molecule has 2 heterocycles. The van der Waals surface area contributed by atoms with Gasteiger partial charge < -0.3 is 25.6 Å². The fraction of sp³-hybridized carbons (Fsp3) is 0.182. The standard InChI is InChI=1S/C11H11N5O3/c12-6-1-9-8(15-11(17)4-18-9)2-7(6)13-3-10-14-5-19-16-10/h1-2,5,13H,3-4,12H2,(H,15,17). The molecule has 1 aliphatic rings. The van der Waals surface area contributed by atoms with Gasteiger partial charge in [0.05, 0.1) is 23.6 Å². The molecule has 0 fully saturated rings. The van der Waals surface area contributed by atoms with Crippen molar-refractivity contribution in [3.63, 3.8) is 0 Å². The third kappa shape index (κ3) is 2.28. The van der Waals surface area contributed by atoms with E-state index in [2.05, 4.69) is 25.3 Å². The molecule has 8 nitrogen and oxygen atoms in total. The summed E-state index contributed by atoms with van der Waals surface area (Å²) in [6.07, 6.45) is 1.25. The molecule has 0 saturated carbocycles. The molecule has 8 heteroatoms. The Labute approximate surface area is 107 Å². The van der Waals surface area contributed by atoms with E-state index >= 15 is 0 Å². The molecule has 0 radical (unpaired) electrons. The third-order valence-corrected chi connectivity index (χ3v) is 2.63. The summed E-state index contributed by atoms with van der Waals surface area (Å²) in [4.78, 5) is 15.1. The number of hydrogen-bond acceptors (Lipinski definition) is 7. The Morgan fingerprint density at radius 3 is 3.16 bits per heavy atom. The molecule has 3 rings (SSSR count). The quantitative estimate of drug-likeness (QED) is 0.692. The van der Waals surface area contributed by atoms with Crippen molar-refractivity contribution < 1.29 is 14.1 Å². The minimum atomic E-state index is -0.193. The molecule has 1 amide bonds. The van der Waals surface area contributed by atoms with Crippen molar-refractivity contribution in [2.45, 2.75) is 6.54 Å². The van der Waals surface area contributed by atoms with E-state index in [4.69, 9.17) is 10.5 Å². The number of nitrogens with one attached hydrogen (secondary N) is 2. The van der Waals surface area contributed by atoms with Gasteiger partial charge in [0, 0.05) is 6.07 Å². The van der Waals surface area contributed by atoms with Crippen molar-refractivity contribution in [2.24, 2.45) is 0 Å². The summed E-state index contributed by atoms with van der Waals surface area (Å²) in [6.45, 7) is 0.371. The lowest BCUT2D eigenvalue weighted by molar-refractivity contribution is -0.118. The molecular weight excluding hydrogens is 250 g/mol. The normalized spacial score (nSPS) is 13.4. The van der Waals surface area contributed by atoms with Gasteiger partial charge >= 0.3 is 0 Å². The average molecular weight is 261 g/mol. The molecule has 0 bridgehead atoms. The fourth-order valence-corrected chi connectivity index (χ4v) is 1.74. The van der Waals surface area contributed by atoms with Crippen LogP contribution in [0, 0.1) is 0 Å². The Balaban J connectivity index is 1.81. The van der Waals surface area contributed by atoms with Crippen LogP contribution in [0.15, 0.2) is 23.0 Å². The second-order valence-corrected chi connectivity index (χ2v) is 3.97. The van der Waals surface area contributed by atoms with E-state index in [0.29, 0.717) is 35.2 Å². The molecule has 0 atom stereocenters. The molecule has 0 aliphatic carbocycles. The minimum absolute atomic E-state index is 0.00206. The maximum absolute atomic E-state index is 11.2. The van der Waals surface area contributed by atoms with Crippen LogP contribution >= 0.6 is 0 Å². The Morgan fingerprint density at radius 2 is 2.37 bits per heavy atom. The highest BCUT2D eigenvalue weighted by atomic mass is 16.5. The van der Waals surface area contributed by atoms with Gasteiger partial charge in [-0.25, -0.2) is 0 Å². The van der Waals surface area contributed by atoms with E-state index < -0.39 is 0 Å². The summed E-state index contributed by atoms with van der Waals surface area (Å²) in [5.74, 6) is 0.876. The molecular formula is C11H11N5O3. The first-order chi connectivity index (χ1) is 9.22. The number of benzene rings is 1. The summed E-state index contributed by atoms with van der Waals surface area (Å²) in [6, 6.07) is 3.37. The number of nitrogens with zero attached hydrogens (tertiary/aromatic N) is 2. The Kier molecular flexibility index (Phi) is 2.67. The highest BCUT2D eigenvalue weighted by Crippen LogP contribution is 2.35. The van der Waals surface area contributed by atoms with Gasteiger partial charge in [0.25, 0.3) is 5.91 Å². The van der Waals surface area contributed by atoms with Crippen LogP contribution in [0.2, 0.25) is 0 Å². The highest BCUT2D eigenvalue weighted by molar-refractivity contribution is 5.97. The van der Waals surface area contributed by atoms with E-state index in [1.165, 1.54) is 6.39 Å². The number of carbonyl (C=O) groups is 1. The highest BCUT2D eigenvalue weighted by Gasteiger charge is 2.17. The number of hydrogen-bond donors (Lipinski definition) is 3. The van der Waals surface area contributed by atoms with Crippen LogP contribution in [-0.2, 0) is 11.3 Å². The number of anilines is 3. The van der Waals surface area contributed by atoms with Gasteiger partial charge in [0.1, 0.15) is 5.75 Å². The number of carbonyl (C=O) groups excluding carboxylic acids is 1. The maximum Gasteiger partial charge on any atom is 0.262 e. The first-order valence-electron chi connectivity index (χ1n) is 5.57. The second kappa shape index (κ2) is 4.48. The zero-order valence-corrected chi connectivity index (χ0v) is 9.84. The molecule has 98 valence electrons. The Bertz CT molecular complexity index is 611. The zero-order valence-electron chi connectivity index (χ0n) is 9.84. The SMILES string of the molecule is Nc1cc2c(cc1NCc1ncon1)NC(=O)CO2. The van der Waals surface area contributed by atoms with Crippen LogP contribution in [0.4, 0.5) is 17.1 Å². The summed E-state index contributed by atoms with van der Waals surface area (Å²) in [7, 11) is 0. The van der Waals surface area contributed by atoms with Crippen molar-refractivity contribution >= 4 is 23.0 Å². The maximum atomic E-state index is 11.2. The average Bonchev–Trinajstić information content (AvgIpc) is 2.90. The Morgan fingerprint density at radius 1 is 1.47 bits per heavy atom. The van der Waals surface area contributed by atoms with Gasteiger partial charge in [-0.2, -0.15) is 4.98 Å². The van der Waals surface area contributed by atoms with Gasteiger partial charge in [0.15, 0.2) is 12.4 Å². The summed E-state index contributed by atoms with van der Waals surface area (Å²) in [5.41, 5.74) is 7.66. The van der Waals surface area contributed by atoms with Gasteiger partial charge in [0.2, 0.25) is 6.39 Å². The molecule has 0 spiro atoms. The van der Waals surface area contributed by atoms with Gasteiger partial charge in [-0.3, -0.25) is 4.79 Å². The van der Waals surface area contributed by atoms with E-state index in [0.717, 1.165) is 0 Å². The molecule has 0 saturated heterocycles. The molecule has 2 aromatic rings. The van der Waals surface area contributed by atoms with Crippen molar-refractivity contribution in [3.8, 4) is 5.75 Å². The molecule has 1 aliphatic heterocycles. The van der Waals surface area contributed by atoms with Crippen LogP contribution in [0.5, 0.6) is 5.75 Å². The number of nitrogen functional groups attached to an aromatic ring is 1. The van der Waals surface area contributed by atoms with E-state index in [9.17, 15) is 4.79 Å². The number of fused-ring (bicyclic) bond motifs is 1. The first kappa shape index (κ1) is 11.3. The summed E-state index contributed by atoms with van der Waals surface area (Å²) >= 11 is 0. The predicted molar refractivity (Wildman–Crippen MR) is 66.6 cm³/mol. The van der Waals surface area contributed by atoms with Crippen molar-refractivity contribution in [1.29, 1.82) is 0 Å². The number of amides is 1. The smallest absolute Gasteiger partial charge is 0.262 e. The van der Waals surface area contributed by atoms with Crippen molar-refractivity contribution in [3.05, 3.63) is 24.4 Å². The fourth-order valence-electron chi connectivity index (χ4n) is 1.74. The monoisotopic (exact) mass is 261 g/mol. The lowest BCUT2D eigenvalue weighted by Gasteiger charge is -2.20. The number of nitrogens with two attached hydrogens (primary N) is 1. The van der Waals surface area contributed by atoms with Gasteiger partial charge in [-0.05, 0) is 6.07 Å². The van der Waals surface area contributed by atoms with Crippen LogP contribution < -0.4 is 21.1 Å². The molecule has 0 unspecified atom stereocenters. The zero-order chi connectivity index (χ0) is 13.2. The summed E-state index contributed by atoms with van der Waals surface area (Å²) < 4.78 is 9.89. The first-order valence-corrected chi connectivity index (χ1v) is 5.57. The van der Waals surface area contributed by atoms with Crippen molar-refractivity contribution in [2.75, 3.05) is 23.0 Å². The Hall–Kier alpha value is -2.77. The molecule has 19 heavy (non-hydrogen) atoms. The predicted octanol–water partition coefficient (Wildman–Crippen LogP) is 0.595. The van der Waals surface area contributed by atoms with Crippen molar-refractivity contribution in [1.82, 2.24) is 10.1 Å². The second-order valence-electron chi connectivity index (χ2n) is 3.97. The van der Waals surface area contributed by atoms with E-state index in [1.807, 2.05) is 0 Å². The van der Waals surface area contributed by atoms with Gasteiger partial charge in [-0.15, -0.1) is 0 Å². The number of rotatable bonds is 3. The van der Waals surface area contributed by atoms with E-state index in [-0.39, 0.29) is 12.5 Å². The van der Waals surface area contributed by atoms with Gasteiger partial charge in [-0.1, -0.05) is 5.16 Å². The lowest BCUT2D eigenvalue weighted by Crippen LogP contribution is -2.25. The number of aromatic nitrogens is 2. The van der Waals surface area contributed by atoms with Crippen LogP contribution in [0.25, 0.3) is 0 Å². The third-order valence-electron chi connectivity index (χ3n) is 2.63. The molecule has 4 N–H and O–H groups in total. The van der Waals surface area contributed by atoms with Crippen LogP contribution in [0.1, 0.15) is 5.82 Å². The molecule has 1 aromatic carbocycles. The topological polar surface area (TPSA) is 115 Å². The summed E-state index contributed by atoms with van der Waals surface area (Å²) in [5, 5.41) is 9.45. The van der Waals surface area contributed by atoms with E-state index in [1.54, 1.807) is 12.1 Å². The van der Waals surface area contributed by atoms with Crippen LogP contribution in [0.3, 0.4) is 0 Å². The number of ether oxygens (including phenoxy) is 1. The van der Waals surface area contributed by atoms with Crippen LogP contribution in [-0.4, -0.2) is 22.7 Å². The molecule has 1 aromatic heterocycles. The largest absolute Gasteiger partial charge is 0.482 e. The lowest BCUT2D eigenvalue weighted by atomic mass is 10.2. The minimum Gasteiger partial charge on any atom is -0.482 e.